The van der Waals surface area contributed by atoms with E-state index < -0.39 is 0 Å². The molecule has 1 atom stereocenters. The second kappa shape index (κ2) is 8.14. The molecule has 0 spiro atoms. The highest BCUT2D eigenvalue weighted by Crippen LogP contribution is 2.23. The number of rotatable bonds is 4. The molecule has 2 heterocycles. The number of carbonyl (C=O) groups excluding carboxylic acids is 3. The van der Waals surface area contributed by atoms with Crippen molar-refractivity contribution in [2.45, 2.75) is 19.8 Å². The molecule has 0 aliphatic carbocycles. The van der Waals surface area contributed by atoms with E-state index in [1.807, 2.05) is 11.4 Å². The van der Waals surface area contributed by atoms with Gasteiger partial charge in [-0.25, -0.2) is 0 Å². The van der Waals surface area contributed by atoms with Crippen molar-refractivity contribution in [3.8, 4) is 5.75 Å². The van der Waals surface area contributed by atoms with Crippen LogP contribution < -0.4 is 10.1 Å². The lowest BCUT2D eigenvalue weighted by Crippen LogP contribution is -2.43. The van der Waals surface area contributed by atoms with Gasteiger partial charge in [0.05, 0.1) is 10.8 Å². The van der Waals surface area contributed by atoms with Gasteiger partial charge in [0.25, 0.3) is 5.91 Å². The topological polar surface area (TPSA) is 75.7 Å². The normalized spacial score (nSPS) is 16.8. The fraction of sp³-hybridized carbons (Fsp3) is 0.316. The first-order valence-electron chi connectivity index (χ1n) is 8.45. The Morgan fingerprint density at radius 1 is 1.19 bits per heavy atom. The molecule has 1 N–H and O–H groups in total. The van der Waals surface area contributed by atoms with Gasteiger partial charge in [-0.1, -0.05) is 6.07 Å². The average molecular weight is 372 g/mol. The maximum atomic E-state index is 12.5. The molecule has 7 heteroatoms. The highest BCUT2D eigenvalue weighted by Gasteiger charge is 2.30. The summed E-state index contributed by atoms with van der Waals surface area (Å²) >= 11 is 1.41. The molecule has 1 aliphatic heterocycles. The lowest BCUT2D eigenvalue weighted by molar-refractivity contribution is -0.140. The van der Waals surface area contributed by atoms with Crippen LogP contribution in [0, 0.1) is 5.92 Å². The second-order valence-corrected chi connectivity index (χ2v) is 7.14. The molecule has 0 bridgehead atoms. The summed E-state index contributed by atoms with van der Waals surface area (Å²) in [5, 5.41) is 4.53. The minimum Gasteiger partial charge on any atom is -0.426 e. The van der Waals surface area contributed by atoms with Crippen LogP contribution in [0.1, 0.15) is 29.4 Å². The summed E-state index contributed by atoms with van der Waals surface area (Å²) in [5.74, 6) is -0.431. The van der Waals surface area contributed by atoms with Crippen LogP contribution in [0.2, 0.25) is 0 Å². The number of ether oxygens (including phenoxy) is 1. The fourth-order valence-corrected chi connectivity index (χ4v) is 3.61. The van der Waals surface area contributed by atoms with Crippen molar-refractivity contribution in [2.75, 3.05) is 18.4 Å². The summed E-state index contributed by atoms with van der Waals surface area (Å²) in [6, 6.07) is 10.3. The summed E-state index contributed by atoms with van der Waals surface area (Å²) in [7, 11) is 0. The number of piperidine rings is 1. The van der Waals surface area contributed by atoms with Crippen molar-refractivity contribution >= 4 is 34.8 Å². The zero-order chi connectivity index (χ0) is 18.5. The summed E-state index contributed by atoms with van der Waals surface area (Å²) in [6.07, 6.45) is 1.48. The number of benzene rings is 1. The van der Waals surface area contributed by atoms with Crippen LogP contribution in [-0.4, -0.2) is 35.8 Å². The number of esters is 1. The van der Waals surface area contributed by atoms with E-state index >= 15 is 0 Å². The monoisotopic (exact) mass is 372 g/mol. The van der Waals surface area contributed by atoms with Gasteiger partial charge >= 0.3 is 5.97 Å². The van der Waals surface area contributed by atoms with Crippen molar-refractivity contribution in [3.63, 3.8) is 0 Å². The van der Waals surface area contributed by atoms with Gasteiger partial charge in [0.1, 0.15) is 5.75 Å². The van der Waals surface area contributed by atoms with Crippen molar-refractivity contribution in [2.24, 2.45) is 5.92 Å². The molecule has 2 amide bonds. The third-order valence-electron chi connectivity index (χ3n) is 4.17. The zero-order valence-electron chi connectivity index (χ0n) is 14.4. The molecule has 6 nitrogen and oxygen atoms in total. The van der Waals surface area contributed by atoms with E-state index in [9.17, 15) is 14.4 Å². The van der Waals surface area contributed by atoms with Crippen LogP contribution in [-0.2, 0) is 9.59 Å². The Kier molecular flexibility index (Phi) is 5.68. The van der Waals surface area contributed by atoms with Crippen molar-refractivity contribution in [3.05, 3.63) is 46.7 Å². The Labute approximate surface area is 155 Å². The molecule has 0 saturated carbocycles. The van der Waals surface area contributed by atoms with E-state index in [1.165, 1.54) is 18.3 Å². The fourth-order valence-electron chi connectivity index (χ4n) is 2.92. The SMILES string of the molecule is CC(=O)Nc1ccc(OC(=O)C2CCCN(C(=O)c3cccs3)C2)cc1. The second-order valence-electron chi connectivity index (χ2n) is 6.19. The number of amides is 2. The third kappa shape index (κ3) is 4.49. The van der Waals surface area contributed by atoms with Crippen LogP contribution in [0.4, 0.5) is 5.69 Å². The van der Waals surface area contributed by atoms with Gasteiger partial charge < -0.3 is 15.0 Å². The molecule has 1 unspecified atom stereocenters. The number of anilines is 1. The standard InChI is InChI=1S/C19H20N2O4S/c1-13(22)20-15-6-8-16(9-7-15)25-19(24)14-4-2-10-21(12-14)18(23)17-5-3-11-26-17/h3,5-9,11,14H,2,4,10,12H2,1H3,(H,20,22). The highest BCUT2D eigenvalue weighted by molar-refractivity contribution is 7.12. The maximum Gasteiger partial charge on any atom is 0.316 e. The minimum atomic E-state index is -0.332. The zero-order valence-corrected chi connectivity index (χ0v) is 15.3. The van der Waals surface area contributed by atoms with E-state index in [-0.39, 0.29) is 23.7 Å². The van der Waals surface area contributed by atoms with Gasteiger partial charge in [-0.15, -0.1) is 11.3 Å². The molecule has 26 heavy (non-hydrogen) atoms. The number of nitrogens with zero attached hydrogens (tertiary/aromatic N) is 1. The van der Waals surface area contributed by atoms with Crippen LogP contribution in [0.25, 0.3) is 0 Å². The maximum absolute atomic E-state index is 12.5. The van der Waals surface area contributed by atoms with Gasteiger partial charge in [-0.2, -0.15) is 0 Å². The Morgan fingerprint density at radius 2 is 1.96 bits per heavy atom. The van der Waals surface area contributed by atoms with E-state index in [4.69, 9.17) is 4.74 Å². The van der Waals surface area contributed by atoms with Crippen LogP contribution in [0.3, 0.4) is 0 Å². The number of hydrogen-bond donors (Lipinski definition) is 1. The smallest absolute Gasteiger partial charge is 0.316 e. The van der Waals surface area contributed by atoms with Crippen LogP contribution >= 0.6 is 11.3 Å². The predicted octanol–water partition coefficient (Wildman–Crippen LogP) is 3.16. The van der Waals surface area contributed by atoms with Gasteiger partial charge in [-0.3, -0.25) is 14.4 Å². The summed E-state index contributed by atoms with van der Waals surface area (Å²) in [6.45, 7) is 2.46. The van der Waals surface area contributed by atoms with Crippen molar-refractivity contribution in [1.82, 2.24) is 4.90 Å². The molecule has 1 fully saturated rings. The van der Waals surface area contributed by atoms with Crippen molar-refractivity contribution in [1.29, 1.82) is 0 Å². The molecule has 1 aromatic heterocycles. The van der Waals surface area contributed by atoms with E-state index in [1.54, 1.807) is 35.2 Å². The average Bonchev–Trinajstić information content (AvgIpc) is 3.17. The minimum absolute atomic E-state index is 0.0304. The van der Waals surface area contributed by atoms with Crippen LogP contribution in [0.5, 0.6) is 5.75 Å². The quantitative estimate of drug-likeness (QED) is 0.661. The molecule has 0 radical (unpaired) electrons. The predicted molar refractivity (Wildman–Crippen MR) is 99.3 cm³/mol. The lowest BCUT2D eigenvalue weighted by atomic mass is 9.98. The first-order chi connectivity index (χ1) is 12.5. The molecule has 136 valence electrons. The van der Waals surface area contributed by atoms with Gasteiger partial charge in [0, 0.05) is 25.7 Å². The molecule has 3 rings (SSSR count). The molecule has 2 aromatic rings. The number of carbonyl (C=O) groups is 3. The molecule has 1 aliphatic rings. The molecular formula is C19H20N2O4S. The summed E-state index contributed by atoms with van der Waals surface area (Å²) in [5.41, 5.74) is 0.641. The van der Waals surface area contributed by atoms with E-state index in [0.29, 0.717) is 35.8 Å². The Hall–Kier alpha value is -2.67. The number of thiophene rings is 1. The first-order valence-corrected chi connectivity index (χ1v) is 9.33. The first kappa shape index (κ1) is 18.1. The Balaban J connectivity index is 1.59. The highest BCUT2D eigenvalue weighted by atomic mass is 32.1. The molecule has 1 saturated heterocycles. The summed E-state index contributed by atoms with van der Waals surface area (Å²) < 4.78 is 5.45. The Morgan fingerprint density at radius 3 is 2.62 bits per heavy atom. The van der Waals surface area contributed by atoms with E-state index in [2.05, 4.69) is 5.32 Å². The van der Waals surface area contributed by atoms with Gasteiger partial charge in [0.2, 0.25) is 5.91 Å². The lowest BCUT2D eigenvalue weighted by Gasteiger charge is -2.31. The Bertz CT molecular complexity index is 786. The molecular weight excluding hydrogens is 352 g/mol. The largest absolute Gasteiger partial charge is 0.426 e. The number of hydrogen-bond acceptors (Lipinski definition) is 5. The van der Waals surface area contributed by atoms with Gasteiger partial charge in [-0.05, 0) is 48.6 Å². The summed E-state index contributed by atoms with van der Waals surface area (Å²) in [4.78, 5) is 38.4. The molecule has 1 aromatic carbocycles. The number of nitrogens with one attached hydrogen (secondary N) is 1. The van der Waals surface area contributed by atoms with Crippen molar-refractivity contribution < 1.29 is 19.1 Å². The van der Waals surface area contributed by atoms with Gasteiger partial charge in [0.15, 0.2) is 0 Å². The van der Waals surface area contributed by atoms with E-state index in [0.717, 1.165) is 6.42 Å². The third-order valence-corrected chi connectivity index (χ3v) is 5.02. The van der Waals surface area contributed by atoms with Crippen LogP contribution in [0.15, 0.2) is 41.8 Å². The number of likely N-dealkylation sites (tertiary alicyclic amines) is 1.